The Hall–Kier alpha value is -2.26. The molecule has 0 saturated heterocycles. The van der Waals surface area contributed by atoms with Crippen LogP contribution in [0.3, 0.4) is 0 Å². The minimum Gasteiger partial charge on any atom is -0.331 e. The summed E-state index contributed by atoms with van der Waals surface area (Å²) < 4.78 is 40.8. The van der Waals surface area contributed by atoms with Crippen LogP contribution < -0.4 is 4.72 Å². The molecule has 0 bridgehead atoms. The monoisotopic (exact) mass is 366 g/mol. The van der Waals surface area contributed by atoms with Crippen LogP contribution in [-0.2, 0) is 16.6 Å². The van der Waals surface area contributed by atoms with Crippen LogP contribution in [0.1, 0.15) is 27.7 Å². The zero-order valence-corrected chi connectivity index (χ0v) is 14.8. The SMILES string of the molecule is Cc1ccc(C(=O)N2Cc3cncn3C(CNS(C)(=O)=O)C2)cc1F. The van der Waals surface area contributed by atoms with Crippen LogP contribution in [0.15, 0.2) is 30.7 Å². The van der Waals surface area contributed by atoms with Crippen LogP contribution in [0.5, 0.6) is 0 Å². The highest BCUT2D eigenvalue weighted by Crippen LogP contribution is 2.23. The van der Waals surface area contributed by atoms with Gasteiger partial charge in [0.2, 0.25) is 10.0 Å². The average Bonchev–Trinajstić information content (AvgIpc) is 3.02. The Morgan fingerprint density at radius 2 is 2.20 bits per heavy atom. The first-order valence-electron chi connectivity index (χ1n) is 7.75. The Labute approximate surface area is 145 Å². The van der Waals surface area contributed by atoms with Crippen molar-refractivity contribution in [2.45, 2.75) is 19.5 Å². The molecule has 1 aliphatic heterocycles. The quantitative estimate of drug-likeness (QED) is 0.877. The summed E-state index contributed by atoms with van der Waals surface area (Å²) in [4.78, 5) is 18.4. The van der Waals surface area contributed by atoms with Crippen molar-refractivity contribution in [3.63, 3.8) is 0 Å². The lowest BCUT2D eigenvalue weighted by Crippen LogP contribution is -2.44. The summed E-state index contributed by atoms with van der Waals surface area (Å²) in [5.74, 6) is -0.723. The lowest BCUT2D eigenvalue weighted by atomic mass is 10.1. The van der Waals surface area contributed by atoms with Crippen molar-refractivity contribution in [1.82, 2.24) is 19.2 Å². The van der Waals surface area contributed by atoms with E-state index >= 15 is 0 Å². The number of rotatable bonds is 4. The molecule has 2 heterocycles. The van der Waals surface area contributed by atoms with E-state index in [1.807, 2.05) is 4.57 Å². The molecule has 1 amide bonds. The first-order chi connectivity index (χ1) is 11.7. The highest BCUT2D eigenvalue weighted by molar-refractivity contribution is 7.88. The molecule has 0 fully saturated rings. The Balaban J connectivity index is 1.83. The third-order valence-electron chi connectivity index (χ3n) is 4.21. The molecule has 25 heavy (non-hydrogen) atoms. The molecule has 134 valence electrons. The number of aryl methyl sites for hydroxylation is 1. The van der Waals surface area contributed by atoms with Crippen molar-refractivity contribution in [2.24, 2.45) is 0 Å². The summed E-state index contributed by atoms with van der Waals surface area (Å²) in [6.07, 6.45) is 4.35. The highest BCUT2D eigenvalue weighted by Gasteiger charge is 2.29. The summed E-state index contributed by atoms with van der Waals surface area (Å²) >= 11 is 0. The Morgan fingerprint density at radius 1 is 1.44 bits per heavy atom. The standard InChI is InChI=1S/C16H19FN4O3S/c1-11-3-4-12(5-15(11)17)16(22)20-8-13-6-18-10-21(13)14(9-20)7-19-25(2,23)24/h3-6,10,14,19H,7-9H2,1-2H3. The molecule has 3 rings (SSSR count). The smallest absolute Gasteiger partial charge is 0.254 e. The van der Waals surface area contributed by atoms with Gasteiger partial charge in [-0.2, -0.15) is 0 Å². The van der Waals surface area contributed by atoms with E-state index in [2.05, 4.69) is 9.71 Å². The molecule has 1 N–H and O–H groups in total. The van der Waals surface area contributed by atoms with Crippen molar-refractivity contribution >= 4 is 15.9 Å². The number of carbonyl (C=O) groups is 1. The molecule has 1 aliphatic rings. The fourth-order valence-corrected chi connectivity index (χ4v) is 3.35. The molecular weight excluding hydrogens is 347 g/mol. The maximum absolute atomic E-state index is 13.8. The normalized spacial score (nSPS) is 17.4. The number of aromatic nitrogens is 2. The predicted octanol–water partition coefficient (Wildman–Crippen LogP) is 1.08. The number of fused-ring (bicyclic) bond motifs is 1. The molecule has 1 aromatic heterocycles. The molecule has 0 aliphatic carbocycles. The van der Waals surface area contributed by atoms with Gasteiger partial charge in [0.15, 0.2) is 0 Å². The van der Waals surface area contributed by atoms with Gasteiger partial charge in [-0.25, -0.2) is 22.5 Å². The van der Waals surface area contributed by atoms with Crippen molar-refractivity contribution in [2.75, 3.05) is 19.3 Å². The van der Waals surface area contributed by atoms with Gasteiger partial charge in [-0.1, -0.05) is 6.07 Å². The van der Waals surface area contributed by atoms with E-state index in [4.69, 9.17) is 0 Å². The molecular formula is C16H19FN4O3S. The number of amides is 1. The molecule has 1 atom stereocenters. The first-order valence-corrected chi connectivity index (χ1v) is 9.64. The summed E-state index contributed by atoms with van der Waals surface area (Å²) in [7, 11) is -3.35. The summed E-state index contributed by atoms with van der Waals surface area (Å²) in [6.45, 7) is 2.42. The highest BCUT2D eigenvalue weighted by atomic mass is 32.2. The first kappa shape index (κ1) is 17.6. The average molecular weight is 366 g/mol. The maximum atomic E-state index is 13.8. The second-order valence-electron chi connectivity index (χ2n) is 6.22. The van der Waals surface area contributed by atoms with Gasteiger partial charge >= 0.3 is 0 Å². The van der Waals surface area contributed by atoms with Crippen LogP contribution in [0.4, 0.5) is 4.39 Å². The molecule has 0 radical (unpaired) electrons. The van der Waals surface area contributed by atoms with Gasteiger partial charge in [-0.15, -0.1) is 0 Å². The number of hydrogen-bond donors (Lipinski definition) is 1. The van der Waals surface area contributed by atoms with E-state index in [1.54, 1.807) is 36.5 Å². The fourth-order valence-electron chi connectivity index (χ4n) is 2.86. The van der Waals surface area contributed by atoms with Crippen LogP contribution in [0, 0.1) is 12.7 Å². The van der Waals surface area contributed by atoms with E-state index in [1.165, 1.54) is 6.07 Å². The van der Waals surface area contributed by atoms with E-state index in [0.717, 1.165) is 11.9 Å². The number of sulfonamides is 1. The number of nitrogens with one attached hydrogen (secondary N) is 1. The second kappa shape index (κ2) is 6.57. The molecule has 9 heteroatoms. The molecule has 0 spiro atoms. The summed E-state index contributed by atoms with van der Waals surface area (Å²) in [5.41, 5.74) is 1.54. The number of imidazole rings is 1. The van der Waals surface area contributed by atoms with Gasteiger partial charge in [-0.05, 0) is 24.6 Å². The van der Waals surface area contributed by atoms with Gasteiger partial charge in [0.1, 0.15) is 5.82 Å². The fraction of sp³-hybridized carbons (Fsp3) is 0.375. The van der Waals surface area contributed by atoms with Gasteiger partial charge in [-0.3, -0.25) is 4.79 Å². The number of benzene rings is 1. The zero-order valence-electron chi connectivity index (χ0n) is 13.9. The van der Waals surface area contributed by atoms with E-state index < -0.39 is 15.8 Å². The molecule has 0 saturated carbocycles. The van der Waals surface area contributed by atoms with Crippen molar-refractivity contribution in [3.8, 4) is 0 Å². The maximum Gasteiger partial charge on any atom is 0.254 e. The van der Waals surface area contributed by atoms with Gasteiger partial charge in [0.25, 0.3) is 5.91 Å². The van der Waals surface area contributed by atoms with Crippen molar-refractivity contribution in [1.29, 1.82) is 0 Å². The third kappa shape index (κ3) is 3.88. The Morgan fingerprint density at radius 3 is 2.88 bits per heavy atom. The Kier molecular flexibility index (Phi) is 4.61. The Bertz CT molecular complexity index is 910. The number of carbonyl (C=O) groups excluding carboxylic acids is 1. The summed E-state index contributed by atoms with van der Waals surface area (Å²) in [5, 5.41) is 0. The largest absolute Gasteiger partial charge is 0.331 e. The number of halogens is 1. The van der Waals surface area contributed by atoms with E-state index in [-0.39, 0.29) is 24.1 Å². The van der Waals surface area contributed by atoms with E-state index in [9.17, 15) is 17.6 Å². The molecule has 1 aromatic carbocycles. The summed E-state index contributed by atoms with van der Waals surface area (Å²) in [6, 6.07) is 4.11. The second-order valence-corrected chi connectivity index (χ2v) is 8.05. The topological polar surface area (TPSA) is 84.3 Å². The lowest BCUT2D eigenvalue weighted by Gasteiger charge is -2.34. The molecule has 1 unspecified atom stereocenters. The van der Waals surface area contributed by atoms with Crippen LogP contribution in [0.2, 0.25) is 0 Å². The van der Waals surface area contributed by atoms with Gasteiger partial charge in [0, 0.05) is 24.8 Å². The molecule has 2 aromatic rings. The van der Waals surface area contributed by atoms with Crippen molar-refractivity contribution in [3.05, 3.63) is 53.4 Å². The minimum atomic E-state index is -3.35. The predicted molar refractivity (Wildman–Crippen MR) is 90.0 cm³/mol. The molecule has 7 nitrogen and oxygen atoms in total. The van der Waals surface area contributed by atoms with Crippen LogP contribution in [0.25, 0.3) is 0 Å². The number of hydrogen-bond acceptors (Lipinski definition) is 4. The van der Waals surface area contributed by atoms with Gasteiger partial charge in [0.05, 0.1) is 30.9 Å². The van der Waals surface area contributed by atoms with E-state index in [0.29, 0.717) is 18.7 Å². The lowest BCUT2D eigenvalue weighted by molar-refractivity contribution is 0.0680. The third-order valence-corrected chi connectivity index (χ3v) is 4.90. The van der Waals surface area contributed by atoms with Crippen LogP contribution >= 0.6 is 0 Å². The minimum absolute atomic E-state index is 0.147. The van der Waals surface area contributed by atoms with Crippen molar-refractivity contribution < 1.29 is 17.6 Å². The van der Waals surface area contributed by atoms with Gasteiger partial charge < -0.3 is 9.47 Å². The number of nitrogens with zero attached hydrogens (tertiary/aromatic N) is 3. The van der Waals surface area contributed by atoms with Crippen LogP contribution in [-0.4, -0.2) is 48.1 Å². The zero-order chi connectivity index (χ0) is 18.2.